The standard InChI is InChI=1S/C24H26N4O2S/c1-5-6-13-27-22(30)18-9-7-8-10-20(18)28-23(27)25-26-24(28)31-17(4)21(29)19-14-15(2)11-12-16(19)3/h7-12,14,17H,5-6,13H2,1-4H3. The third-order valence-electron chi connectivity index (χ3n) is 5.52. The van der Waals surface area contributed by atoms with Crippen molar-refractivity contribution in [3.63, 3.8) is 0 Å². The second-order valence-corrected chi connectivity index (χ2v) is 9.20. The van der Waals surface area contributed by atoms with Gasteiger partial charge in [0.2, 0.25) is 5.78 Å². The summed E-state index contributed by atoms with van der Waals surface area (Å²) in [5.74, 6) is 0.581. The summed E-state index contributed by atoms with van der Waals surface area (Å²) in [7, 11) is 0. The predicted octanol–water partition coefficient (Wildman–Crippen LogP) is 4.82. The molecule has 1 atom stereocenters. The van der Waals surface area contributed by atoms with Crippen molar-refractivity contribution in [3.05, 3.63) is 69.5 Å². The van der Waals surface area contributed by atoms with Crippen LogP contribution in [0.4, 0.5) is 0 Å². The van der Waals surface area contributed by atoms with Crippen molar-refractivity contribution in [2.24, 2.45) is 0 Å². The number of para-hydroxylation sites is 1. The Balaban J connectivity index is 1.80. The van der Waals surface area contributed by atoms with Crippen LogP contribution in [0.25, 0.3) is 16.7 Å². The molecular formula is C24H26N4O2S. The Hall–Kier alpha value is -2.93. The molecular weight excluding hydrogens is 408 g/mol. The average molecular weight is 435 g/mol. The van der Waals surface area contributed by atoms with Crippen LogP contribution in [-0.4, -0.2) is 30.2 Å². The highest BCUT2D eigenvalue weighted by Gasteiger charge is 2.23. The minimum absolute atomic E-state index is 0.0555. The fraction of sp³-hybridized carbons (Fsp3) is 0.333. The molecule has 0 aliphatic carbocycles. The third kappa shape index (κ3) is 3.90. The molecule has 0 spiro atoms. The lowest BCUT2D eigenvalue weighted by Crippen LogP contribution is -2.23. The molecule has 31 heavy (non-hydrogen) atoms. The molecule has 0 radical (unpaired) electrons. The lowest BCUT2D eigenvalue weighted by molar-refractivity contribution is 0.0993. The third-order valence-corrected chi connectivity index (χ3v) is 6.57. The number of fused-ring (bicyclic) bond motifs is 3. The minimum atomic E-state index is -0.345. The molecule has 0 saturated carbocycles. The Morgan fingerprint density at radius 1 is 1.13 bits per heavy atom. The first-order chi connectivity index (χ1) is 14.9. The van der Waals surface area contributed by atoms with Crippen LogP contribution in [0.3, 0.4) is 0 Å². The highest BCUT2D eigenvalue weighted by molar-refractivity contribution is 8.00. The van der Waals surface area contributed by atoms with E-state index in [2.05, 4.69) is 17.1 Å². The first-order valence-corrected chi connectivity index (χ1v) is 11.4. The zero-order chi connectivity index (χ0) is 22.1. The number of carbonyl (C=O) groups is 1. The van der Waals surface area contributed by atoms with Gasteiger partial charge in [-0.3, -0.25) is 18.6 Å². The molecule has 160 valence electrons. The number of nitrogens with zero attached hydrogens (tertiary/aromatic N) is 4. The van der Waals surface area contributed by atoms with Gasteiger partial charge in [0.25, 0.3) is 5.56 Å². The number of aromatic nitrogens is 4. The van der Waals surface area contributed by atoms with E-state index in [0.717, 1.165) is 35.0 Å². The summed E-state index contributed by atoms with van der Waals surface area (Å²) in [5, 5.41) is 9.61. The van der Waals surface area contributed by atoms with Crippen molar-refractivity contribution in [1.82, 2.24) is 19.2 Å². The fourth-order valence-corrected chi connectivity index (χ4v) is 4.68. The van der Waals surface area contributed by atoms with Gasteiger partial charge in [0.05, 0.1) is 16.2 Å². The number of aryl methyl sites for hydroxylation is 3. The van der Waals surface area contributed by atoms with Crippen LogP contribution in [0.5, 0.6) is 0 Å². The monoisotopic (exact) mass is 434 g/mol. The van der Waals surface area contributed by atoms with Crippen LogP contribution >= 0.6 is 11.8 Å². The van der Waals surface area contributed by atoms with Gasteiger partial charge in [-0.1, -0.05) is 54.9 Å². The maximum Gasteiger partial charge on any atom is 0.262 e. The molecule has 1 unspecified atom stereocenters. The van der Waals surface area contributed by atoms with Crippen LogP contribution in [0, 0.1) is 13.8 Å². The van der Waals surface area contributed by atoms with Crippen molar-refractivity contribution in [1.29, 1.82) is 0 Å². The molecule has 2 aromatic heterocycles. The number of hydrogen-bond donors (Lipinski definition) is 0. The highest BCUT2D eigenvalue weighted by atomic mass is 32.2. The Bertz CT molecular complexity index is 1340. The normalized spacial score (nSPS) is 12.5. The van der Waals surface area contributed by atoms with E-state index >= 15 is 0 Å². The number of Topliss-reactive ketones (excluding diaryl/α,β-unsaturated/α-hetero) is 1. The van der Waals surface area contributed by atoms with E-state index in [1.165, 1.54) is 11.8 Å². The molecule has 0 N–H and O–H groups in total. The molecule has 0 saturated heterocycles. The van der Waals surface area contributed by atoms with E-state index in [1.54, 1.807) is 4.57 Å². The van der Waals surface area contributed by atoms with Crippen molar-refractivity contribution in [2.75, 3.05) is 0 Å². The molecule has 0 aliphatic rings. The number of ketones is 1. The largest absolute Gasteiger partial charge is 0.293 e. The number of carbonyl (C=O) groups excluding carboxylic acids is 1. The van der Waals surface area contributed by atoms with Gasteiger partial charge in [0.1, 0.15) is 0 Å². The maximum atomic E-state index is 13.2. The van der Waals surface area contributed by atoms with Crippen LogP contribution in [0.1, 0.15) is 48.2 Å². The second kappa shape index (κ2) is 8.67. The topological polar surface area (TPSA) is 69.3 Å². The molecule has 0 amide bonds. The van der Waals surface area contributed by atoms with Crippen LogP contribution in [0.2, 0.25) is 0 Å². The summed E-state index contributed by atoms with van der Waals surface area (Å²) in [6.45, 7) is 8.52. The second-order valence-electron chi connectivity index (χ2n) is 7.89. The number of hydrogen-bond acceptors (Lipinski definition) is 5. The summed E-state index contributed by atoms with van der Waals surface area (Å²) in [6.07, 6.45) is 1.85. The molecule has 7 heteroatoms. The zero-order valence-corrected chi connectivity index (χ0v) is 19.1. The van der Waals surface area contributed by atoms with Gasteiger partial charge in [-0.2, -0.15) is 0 Å². The summed E-state index contributed by atoms with van der Waals surface area (Å²) >= 11 is 1.37. The van der Waals surface area contributed by atoms with Crippen LogP contribution < -0.4 is 5.56 Å². The summed E-state index contributed by atoms with van der Waals surface area (Å²) in [5.41, 5.74) is 3.46. The van der Waals surface area contributed by atoms with Crippen molar-refractivity contribution < 1.29 is 4.79 Å². The van der Waals surface area contributed by atoms with E-state index in [0.29, 0.717) is 22.9 Å². The van der Waals surface area contributed by atoms with Crippen molar-refractivity contribution >= 4 is 34.2 Å². The van der Waals surface area contributed by atoms with Crippen LogP contribution in [0.15, 0.2) is 52.4 Å². The molecule has 0 fully saturated rings. The van der Waals surface area contributed by atoms with Gasteiger partial charge in [-0.15, -0.1) is 10.2 Å². The molecule has 2 heterocycles. The first kappa shape index (κ1) is 21.3. The van der Waals surface area contributed by atoms with Crippen molar-refractivity contribution in [3.8, 4) is 0 Å². The van der Waals surface area contributed by atoms with Crippen molar-refractivity contribution in [2.45, 2.75) is 57.5 Å². The van der Waals surface area contributed by atoms with Gasteiger partial charge in [-0.25, -0.2) is 0 Å². The number of thioether (sulfide) groups is 1. The Kier molecular flexibility index (Phi) is 5.96. The SMILES string of the molecule is CCCCn1c(=O)c2ccccc2n2c(SC(C)C(=O)c3cc(C)ccc3C)nnc12. The fourth-order valence-electron chi connectivity index (χ4n) is 3.76. The minimum Gasteiger partial charge on any atom is -0.293 e. The summed E-state index contributed by atoms with van der Waals surface area (Å²) in [6, 6.07) is 13.4. The Morgan fingerprint density at radius 3 is 2.68 bits per heavy atom. The van der Waals surface area contributed by atoms with Gasteiger partial charge in [-0.05, 0) is 51.0 Å². The molecule has 0 bridgehead atoms. The van der Waals surface area contributed by atoms with E-state index in [1.807, 2.05) is 67.6 Å². The molecule has 0 aliphatic heterocycles. The lowest BCUT2D eigenvalue weighted by atomic mass is 10.0. The van der Waals surface area contributed by atoms with Gasteiger partial charge < -0.3 is 0 Å². The predicted molar refractivity (Wildman–Crippen MR) is 125 cm³/mol. The quantitative estimate of drug-likeness (QED) is 0.308. The average Bonchev–Trinajstić information content (AvgIpc) is 3.18. The van der Waals surface area contributed by atoms with E-state index in [-0.39, 0.29) is 16.6 Å². The number of rotatable bonds is 7. The number of unbranched alkanes of at least 4 members (excludes halogenated alkanes) is 1. The zero-order valence-electron chi connectivity index (χ0n) is 18.3. The van der Waals surface area contributed by atoms with Crippen LogP contribution in [-0.2, 0) is 6.54 Å². The first-order valence-electron chi connectivity index (χ1n) is 10.6. The van der Waals surface area contributed by atoms with E-state index in [9.17, 15) is 9.59 Å². The molecule has 4 aromatic rings. The lowest BCUT2D eigenvalue weighted by Gasteiger charge is -2.13. The number of benzene rings is 2. The molecule has 4 rings (SSSR count). The van der Waals surface area contributed by atoms with Gasteiger partial charge >= 0.3 is 0 Å². The smallest absolute Gasteiger partial charge is 0.262 e. The Labute approximate surface area is 185 Å². The highest BCUT2D eigenvalue weighted by Crippen LogP contribution is 2.28. The molecule has 2 aromatic carbocycles. The van der Waals surface area contributed by atoms with Gasteiger partial charge in [0, 0.05) is 12.1 Å². The van der Waals surface area contributed by atoms with E-state index in [4.69, 9.17) is 0 Å². The maximum absolute atomic E-state index is 13.2. The van der Waals surface area contributed by atoms with E-state index < -0.39 is 0 Å². The Morgan fingerprint density at radius 2 is 1.90 bits per heavy atom. The summed E-state index contributed by atoms with van der Waals surface area (Å²) in [4.78, 5) is 26.2. The summed E-state index contributed by atoms with van der Waals surface area (Å²) < 4.78 is 3.60. The molecule has 6 nitrogen and oxygen atoms in total. The van der Waals surface area contributed by atoms with Gasteiger partial charge in [0.15, 0.2) is 10.9 Å².